The number of aromatic nitrogens is 1. The molecule has 27 heavy (non-hydrogen) atoms. The van der Waals surface area contributed by atoms with Crippen LogP contribution in [0.2, 0.25) is 0 Å². The van der Waals surface area contributed by atoms with Crippen molar-refractivity contribution in [1.29, 1.82) is 0 Å². The van der Waals surface area contributed by atoms with Gasteiger partial charge in [-0.15, -0.1) is 0 Å². The molecule has 0 radical (unpaired) electrons. The highest BCUT2D eigenvalue weighted by atomic mass is 19.1. The standard InChI is InChI=1S/C20H22FN3O3/c21-15-9-13-17(24(12-3-4-12)10-14(19(13)25)20(26)27)16(11-1-2-11)18(15)23-7-5-22-6-8-23/h9-12,22H,1-8H2,(H,26,27). The molecule has 142 valence electrons. The molecular formula is C20H22FN3O3. The van der Waals surface area contributed by atoms with Gasteiger partial charge >= 0.3 is 5.97 Å². The molecule has 1 aromatic heterocycles. The SMILES string of the molecule is O=C(O)c1cn(C2CC2)c2c(C3CC3)c(N3CCNCC3)c(F)cc2c1=O. The van der Waals surface area contributed by atoms with Crippen LogP contribution in [-0.2, 0) is 0 Å². The molecule has 3 aliphatic rings. The van der Waals surface area contributed by atoms with E-state index in [0.717, 1.165) is 62.9 Å². The number of pyridine rings is 1. The average Bonchev–Trinajstić information content (AvgIpc) is 3.55. The number of benzene rings is 1. The minimum atomic E-state index is -1.25. The fraction of sp³-hybridized carbons (Fsp3) is 0.500. The van der Waals surface area contributed by atoms with Crippen molar-refractivity contribution in [3.63, 3.8) is 0 Å². The summed E-state index contributed by atoms with van der Waals surface area (Å²) in [6, 6.07) is 1.47. The van der Waals surface area contributed by atoms with Crippen LogP contribution in [0.4, 0.5) is 10.1 Å². The zero-order valence-corrected chi connectivity index (χ0v) is 15.0. The number of carbonyl (C=O) groups is 1. The molecule has 2 aliphatic carbocycles. The number of carboxylic acids is 1. The molecule has 0 bridgehead atoms. The third kappa shape index (κ3) is 2.72. The monoisotopic (exact) mass is 371 g/mol. The van der Waals surface area contributed by atoms with Gasteiger partial charge in [-0.3, -0.25) is 4.79 Å². The van der Waals surface area contributed by atoms with Gasteiger partial charge in [0.15, 0.2) is 0 Å². The Bertz CT molecular complexity index is 1000. The summed E-state index contributed by atoms with van der Waals surface area (Å²) in [5.74, 6) is -1.42. The van der Waals surface area contributed by atoms with E-state index in [9.17, 15) is 14.7 Å². The topological polar surface area (TPSA) is 74.6 Å². The van der Waals surface area contributed by atoms with E-state index in [1.165, 1.54) is 12.3 Å². The lowest BCUT2D eigenvalue weighted by atomic mass is 9.99. The van der Waals surface area contributed by atoms with Crippen molar-refractivity contribution < 1.29 is 14.3 Å². The predicted molar refractivity (Wildman–Crippen MR) is 100 cm³/mol. The second kappa shape index (κ2) is 6.05. The van der Waals surface area contributed by atoms with E-state index in [4.69, 9.17) is 0 Å². The predicted octanol–water partition coefficient (Wildman–Crippen LogP) is 2.46. The van der Waals surface area contributed by atoms with Gasteiger partial charge in [0, 0.05) is 49.4 Å². The van der Waals surface area contributed by atoms with Crippen molar-refractivity contribution in [1.82, 2.24) is 9.88 Å². The molecule has 0 atom stereocenters. The molecule has 1 aliphatic heterocycles. The van der Waals surface area contributed by atoms with Crippen LogP contribution in [0.3, 0.4) is 0 Å². The maximum absolute atomic E-state index is 15.3. The van der Waals surface area contributed by atoms with Crippen molar-refractivity contribution in [2.45, 2.75) is 37.6 Å². The number of fused-ring (bicyclic) bond motifs is 1. The minimum Gasteiger partial charge on any atom is -0.477 e. The molecule has 0 spiro atoms. The summed E-state index contributed by atoms with van der Waals surface area (Å²) in [5, 5.41) is 12.9. The Morgan fingerprint density at radius 2 is 1.89 bits per heavy atom. The van der Waals surface area contributed by atoms with Gasteiger partial charge in [0.1, 0.15) is 11.4 Å². The van der Waals surface area contributed by atoms with Crippen LogP contribution in [0.15, 0.2) is 17.1 Å². The number of carboxylic acid groups (broad SMARTS) is 1. The van der Waals surface area contributed by atoms with Crippen LogP contribution < -0.4 is 15.6 Å². The highest BCUT2D eigenvalue weighted by Gasteiger charge is 2.36. The molecule has 0 amide bonds. The van der Waals surface area contributed by atoms with Gasteiger partial charge in [0.05, 0.1) is 11.2 Å². The van der Waals surface area contributed by atoms with E-state index in [1.54, 1.807) is 0 Å². The van der Waals surface area contributed by atoms with E-state index in [2.05, 4.69) is 10.2 Å². The first-order valence-corrected chi connectivity index (χ1v) is 9.66. The summed E-state index contributed by atoms with van der Waals surface area (Å²) in [6.07, 6.45) is 5.37. The van der Waals surface area contributed by atoms with Crippen molar-refractivity contribution in [2.24, 2.45) is 0 Å². The lowest BCUT2D eigenvalue weighted by molar-refractivity contribution is 0.0695. The zero-order chi connectivity index (χ0) is 18.7. The number of anilines is 1. The van der Waals surface area contributed by atoms with Crippen LogP contribution in [-0.4, -0.2) is 41.8 Å². The molecule has 2 saturated carbocycles. The van der Waals surface area contributed by atoms with Gasteiger partial charge in [-0.2, -0.15) is 0 Å². The van der Waals surface area contributed by atoms with Crippen LogP contribution in [0.5, 0.6) is 0 Å². The smallest absolute Gasteiger partial charge is 0.341 e. The Hall–Kier alpha value is -2.41. The fourth-order valence-electron chi connectivity index (χ4n) is 4.27. The Kier molecular flexibility index (Phi) is 3.75. The number of piperazine rings is 1. The van der Waals surface area contributed by atoms with Gasteiger partial charge in [-0.1, -0.05) is 0 Å². The van der Waals surface area contributed by atoms with Gasteiger partial charge in [0.2, 0.25) is 5.43 Å². The second-order valence-corrected chi connectivity index (χ2v) is 7.84. The van der Waals surface area contributed by atoms with Crippen LogP contribution >= 0.6 is 0 Å². The largest absolute Gasteiger partial charge is 0.477 e. The van der Waals surface area contributed by atoms with Crippen LogP contribution in [0.25, 0.3) is 10.9 Å². The minimum absolute atomic E-state index is 0.199. The lowest BCUT2D eigenvalue weighted by Crippen LogP contribution is -2.44. The fourth-order valence-corrected chi connectivity index (χ4v) is 4.27. The quantitative estimate of drug-likeness (QED) is 0.864. The normalized spacial score (nSPS) is 20.3. The van der Waals surface area contributed by atoms with Gasteiger partial charge in [0.25, 0.3) is 0 Å². The maximum atomic E-state index is 15.3. The van der Waals surface area contributed by atoms with Crippen molar-refractivity contribution in [3.8, 4) is 0 Å². The number of rotatable bonds is 4. The summed E-state index contributed by atoms with van der Waals surface area (Å²) >= 11 is 0. The third-order valence-corrected chi connectivity index (χ3v) is 5.87. The summed E-state index contributed by atoms with van der Waals surface area (Å²) in [4.78, 5) is 26.5. The number of hydrogen-bond acceptors (Lipinski definition) is 4. The Labute approximate surface area is 155 Å². The molecule has 2 N–H and O–H groups in total. The first-order chi connectivity index (χ1) is 13.1. The average molecular weight is 371 g/mol. The summed E-state index contributed by atoms with van der Waals surface area (Å²) < 4.78 is 17.2. The number of nitrogens with zero attached hydrogens (tertiary/aromatic N) is 2. The van der Waals surface area contributed by atoms with E-state index in [0.29, 0.717) is 5.69 Å². The molecular weight excluding hydrogens is 349 g/mol. The molecule has 7 heteroatoms. The van der Waals surface area contributed by atoms with E-state index >= 15 is 4.39 Å². The zero-order valence-electron chi connectivity index (χ0n) is 15.0. The number of hydrogen-bond donors (Lipinski definition) is 2. The summed E-state index contributed by atoms with van der Waals surface area (Å²) in [6.45, 7) is 3.05. The highest BCUT2D eigenvalue weighted by Crippen LogP contribution is 2.50. The lowest BCUT2D eigenvalue weighted by Gasteiger charge is -2.32. The Balaban J connectivity index is 1.85. The van der Waals surface area contributed by atoms with Gasteiger partial charge in [-0.05, 0) is 37.7 Å². The first-order valence-electron chi connectivity index (χ1n) is 9.66. The Morgan fingerprint density at radius 1 is 1.19 bits per heavy atom. The second-order valence-electron chi connectivity index (χ2n) is 7.84. The van der Waals surface area contributed by atoms with E-state index < -0.39 is 17.2 Å². The van der Waals surface area contributed by atoms with Crippen LogP contribution in [0, 0.1) is 5.82 Å². The molecule has 2 aromatic rings. The molecule has 2 heterocycles. The van der Waals surface area contributed by atoms with Gasteiger partial charge < -0.3 is 19.9 Å². The maximum Gasteiger partial charge on any atom is 0.341 e. The van der Waals surface area contributed by atoms with Crippen molar-refractivity contribution in [2.75, 3.05) is 31.1 Å². The highest BCUT2D eigenvalue weighted by molar-refractivity contribution is 5.96. The molecule has 1 aromatic carbocycles. The molecule has 5 rings (SSSR count). The number of aromatic carboxylic acids is 1. The third-order valence-electron chi connectivity index (χ3n) is 5.87. The summed E-state index contributed by atoms with van der Waals surface area (Å²) in [7, 11) is 0. The molecule has 0 unspecified atom stereocenters. The van der Waals surface area contributed by atoms with Crippen LogP contribution in [0.1, 0.15) is 53.6 Å². The molecule has 6 nitrogen and oxygen atoms in total. The first kappa shape index (κ1) is 16.7. The van der Waals surface area contributed by atoms with E-state index in [-0.39, 0.29) is 22.9 Å². The number of nitrogens with one attached hydrogen (secondary N) is 1. The van der Waals surface area contributed by atoms with Gasteiger partial charge in [-0.25, -0.2) is 9.18 Å². The van der Waals surface area contributed by atoms with Crippen molar-refractivity contribution >= 4 is 22.6 Å². The number of halogens is 1. The molecule has 3 fully saturated rings. The summed E-state index contributed by atoms with van der Waals surface area (Å²) in [5.41, 5.74) is 1.42. The Morgan fingerprint density at radius 3 is 2.48 bits per heavy atom. The molecule has 1 saturated heterocycles. The van der Waals surface area contributed by atoms with Crippen molar-refractivity contribution in [3.05, 3.63) is 39.4 Å². The van der Waals surface area contributed by atoms with E-state index in [1.807, 2.05) is 4.57 Å².